The van der Waals surface area contributed by atoms with Crippen LogP contribution in [-0.4, -0.2) is 47.8 Å². The fraction of sp³-hybridized carbons (Fsp3) is 0.750. The first-order valence-electron chi connectivity index (χ1n) is 4.07. The molecule has 0 atom stereocenters. The molecule has 1 saturated heterocycles. The Labute approximate surface area is 67.9 Å². The first-order valence-corrected chi connectivity index (χ1v) is 4.07. The molecule has 0 aromatic rings. The van der Waals surface area contributed by atoms with Gasteiger partial charge in [-0.3, -0.25) is 4.90 Å². The molecular formula is C8H16N2O. The van der Waals surface area contributed by atoms with Crippen molar-refractivity contribution < 1.29 is 5.11 Å². The van der Waals surface area contributed by atoms with Crippen molar-refractivity contribution >= 4 is 0 Å². The highest BCUT2D eigenvalue weighted by Gasteiger charge is 2.11. The molecule has 1 rings (SSSR count). The van der Waals surface area contributed by atoms with Gasteiger partial charge in [0.2, 0.25) is 0 Å². The van der Waals surface area contributed by atoms with Crippen LogP contribution in [0.4, 0.5) is 0 Å². The molecule has 0 spiro atoms. The lowest BCUT2D eigenvalue weighted by atomic mass is 10.3. The molecular weight excluding hydrogens is 140 g/mol. The SMILES string of the molecule is C/C=C/N1CCN(CO)CC1. The zero-order valence-electron chi connectivity index (χ0n) is 7.03. The largest absolute Gasteiger partial charge is 0.381 e. The summed E-state index contributed by atoms with van der Waals surface area (Å²) in [5.41, 5.74) is 0. The molecule has 0 bridgehead atoms. The Morgan fingerprint density at radius 1 is 1.27 bits per heavy atom. The highest BCUT2D eigenvalue weighted by Crippen LogP contribution is 2.00. The molecule has 1 aliphatic rings. The summed E-state index contributed by atoms with van der Waals surface area (Å²) >= 11 is 0. The molecule has 1 N–H and O–H groups in total. The van der Waals surface area contributed by atoms with Gasteiger partial charge in [0.05, 0.1) is 6.73 Å². The second-order valence-corrected chi connectivity index (χ2v) is 2.78. The molecule has 3 heteroatoms. The van der Waals surface area contributed by atoms with E-state index in [1.54, 1.807) is 0 Å². The van der Waals surface area contributed by atoms with Gasteiger partial charge in [0.1, 0.15) is 0 Å². The van der Waals surface area contributed by atoms with Crippen LogP contribution in [0.25, 0.3) is 0 Å². The summed E-state index contributed by atoms with van der Waals surface area (Å²) < 4.78 is 0. The average molecular weight is 156 g/mol. The maximum atomic E-state index is 8.80. The van der Waals surface area contributed by atoms with Gasteiger partial charge in [0.15, 0.2) is 0 Å². The molecule has 0 radical (unpaired) electrons. The van der Waals surface area contributed by atoms with E-state index in [9.17, 15) is 0 Å². The fourth-order valence-electron chi connectivity index (χ4n) is 1.26. The van der Waals surface area contributed by atoms with E-state index in [0.717, 1.165) is 26.2 Å². The van der Waals surface area contributed by atoms with Crippen LogP contribution in [0.15, 0.2) is 12.3 Å². The van der Waals surface area contributed by atoms with Crippen molar-refractivity contribution in [3.05, 3.63) is 12.3 Å². The van der Waals surface area contributed by atoms with Crippen LogP contribution in [0.3, 0.4) is 0 Å². The Bertz CT molecular complexity index is 128. The third-order valence-corrected chi connectivity index (χ3v) is 1.97. The van der Waals surface area contributed by atoms with E-state index in [2.05, 4.69) is 17.2 Å². The van der Waals surface area contributed by atoms with Crippen molar-refractivity contribution in [3.63, 3.8) is 0 Å². The van der Waals surface area contributed by atoms with E-state index in [1.165, 1.54) is 0 Å². The van der Waals surface area contributed by atoms with Crippen molar-refractivity contribution in [2.75, 3.05) is 32.9 Å². The molecule has 1 fully saturated rings. The van der Waals surface area contributed by atoms with Gasteiger partial charge in [0.25, 0.3) is 0 Å². The Morgan fingerprint density at radius 2 is 1.91 bits per heavy atom. The molecule has 1 aliphatic heterocycles. The van der Waals surface area contributed by atoms with Gasteiger partial charge in [-0.15, -0.1) is 0 Å². The summed E-state index contributed by atoms with van der Waals surface area (Å²) in [6, 6.07) is 0. The molecule has 0 aromatic carbocycles. The van der Waals surface area contributed by atoms with E-state index < -0.39 is 0 Å². The zero-order chi connectivity index (χ0) is 8.10. The standard InChI is InChI=1S/C8H16N2O/c1-2-3-9-4-6-10(8-11)7-5-9/h2-3,11H,4-8H2,1H3/b3-2+. The number of nitrogens with zero attached hydrogens (tertiary/aromatic N) is 2. The van der Waals surface area contributed by atoms with Crippen LogP contribution in [0.1, 0.15) is 6.92 Å². The highest BCUT2D eigenvalue weighted by molar-refractivity contribution is 4.82. The van der Waals surface area contributed by atoms with E-state index in [1.807, 2.05) is 11.8 Å². The second-order valence-electron chi connectivity index (χ2n) is 2.78. The Kier molecular flexibility index (Phi) is 3.39. The summed E-state index contributed by atoms with van der Waals surface area (Å²) in [6.07, 6.45) is 4.16. The molecule has 64 valence electrons. The normalized spacial score (nSPS) is 21.5. The molecule has 11 heavy (non-hydrogen) atoms. The number of hydrogen-bond acceptors (Lipinski definition) is 3. The van der Waals surface area contributed by atoms with Crippen LogP contribution >= 0.6 is 0 Å². The number of piperazine rings is 1. The maximum absolute atomic E-state index is 8.80. The molecule has 0 unspecified atom stereocenters. The fourth-order valence-corrected chi connectivity index (χ4v) is 1.26. The first kappa shape index (κ1) is 8.56. The molecule has 0 aliphatic carbocycles. The third-order valence-electron chi connectivity index (χ3n) is 1.97. The van der Waals surface area contributed by atoms with Crippen molar-refractivity contribution in [1.29, 1.82) is 0 Å². The number of hydrogen-bond donors (Lipinski definition) is 1. The summed E-state index contributed by atoms with van der Waals surface area (Å²) in [5.74, 6) is 0. The van der Waals surface area contributed by atoms with Crippen LogP contribution in [-0.2, 0) is 0 Å². The first-order chi connectivity index (χ1) is 5.36. The molecule has 0 saturated carbocycles. The van der Waals surface area contributed by atoms with Crippen molar-refractivity contribution in [2.24, 2.45) is 0 Å². The minimum Gasteiger partial charge on any atom is -0.381 e. The number of aliphatic hydroxyl groups excluding tert-OH is 1. The molecule has 1 heterocycles. The monoisotopic (exact) mass is 156 g/mol. The van der Waals surface area contributed by atoms with Crippen LogP contribution in [0.2, 0.25) is 0 Å². The highest BCUT2D eigenvalue weighted by atomic mass is 16.3. The van der Waals surface area contributed by atoms with Gasteiger partial charge in [-0.05, 0) is 13.1 Å². The predicted molar refractivity (Wildman–Crippen MR) is 45.0 cm³/mol. The number of rotatable bonds is 2. The van der Waals surface area contributed by atoms with Gasteiger partial charge in [-0.1, -0.05) is 6.08 Å². The van der Waals surface area contributed by atoms with Crippen LogP contribution in [0.5, 0.6) is 0 Å². The predicted octanol–water partition coefficient (Wildman–Crippen LogP) is 0.0874. The van der Waals surface area contributed by atoms with Crippen LogP contribution in [0, 0.1) is 0 Å². The van der Waals surface area contributed by atoms with Gasteiger partial charge >= 0.3 is 0 Å². The molecule has 0 amide bonds. The van der Waals surface area contributed by atoms with Crippen molar-refractivity contribution in [2.45, 2.75) is 6.92 Å². The van der Waals surface area contributed by atoms with E-state index in [4.69, 9.17) is 5.11 Å². The Hall–Kier alpha value is -0.540. The minimum atomic E-state index is 0.198. The van der Waals surface area contributed by atoms with Crippen molar-refractivity contribution in [3.8, 4) is 0 Å². The zero-order valence-corrected chi connectivity index (χ0v) is 7.03. The smallest absolute Gasteiger partial charge is 0.0957 e. The van der Waals surface area contributed by atoms with Crippen molar-refractivity contribution in [1.82, 2.24) is 9.80 Å². The van der Waals surface area contributed by atoms with Gasteiger partial charge < -0.3 is 10.0 Å². The van der Waals surface area contributed by atoms with Crippen LogP contribution < -0.4 is 0 Å². The topological polar surface area (TPSA) is 26.7 Å². The molecule has 3 nitrogen and oxygen atoms in total. The summed E-state index contributed by atoms with van der Waals surface area (Å²) in [6.45, 7) is 6.24. The quantitative estimate of drug-likeness (QED) is 0.613. The van der Waals surface area contributed by atoms with E-state index in [0.29, 0.717) is 0 Å². The van der Waals surface area contributed by atoms with Gasteiger partial charge in [-0.2, -0.15) is 0 Å². The van der Waals surface area contributed by atoms with Gasteiger partial charge in [-0.25, -0.2) is 0 Å². The lowest BCUT2D eigenvalue weighted by molar-refractivity contribution is 0.0688. The van der Waals surface area contributed by atoms with E-state index in [-0.39, 0.29) is 6.73 Å². The maximum Gasteiger partial charge on any atom is 0.0957 e. The summed E-state index contributed by atoms with van der Waals surface area (Å²) in [7, 11) is 0. The average Bonchev–Trinajstić information content (AvgIpc) is 2.07. The summed E-state index contributed by atoms with van der Waals surface area (Å²) in [4.78, 5) is 4.31. The van der Waals surface area contributed by atoms with E-state index >= 15 is 0 Å². The second kappa shape index (κ2) is 4.36. The lowest BCUT2D eigenvalue weighted by Crippen LogP contribution is -2.44. The summed E-state index contributed by atoms with van der Waals surface area (Å²) in [5, 5.41) is 8.80. The minimum absolute atomic E-state index is 0.198. The lowest BCUT2D eigenvalue weighted by Gasteiger charge is -2.32. The Balaban J connectivity index is 2.24. The van der Waals surface area contributed by atoms with Gasteiger partial charge in [0, 0.05) is 26.2 Å². The Morgan fingerprint density at radius 3 is 2.36 bits per heavy atom. The number of allylic oxidation sites excluding steroid dienone is 1. The number of aliphatic hydroxyl groups is 1. The third kappa shape index (κ3) is 2.52. The molecule has 0 aromatic heterocycles.